The average molecular weight is 335 g/mol. The van der Waals surface area contributed by atoms with Crippen molar-refractivity contribution in [2.24, 2.45) is 0 Å². The van der Waals surface area contributed by atoms with Gasteiger partial charge in [-0.2, -0.15) is 18.4 Å². The van der Waals surface area contributed by atoms with E-state index in [1.54, 1.807) is 12.1 Å². The molecule has 2 aromatic heterocycles. The van der Waals surface area contributed by atoms with E-state index in [0.717, 1.165) is 24.7 Å². The van der Waals surface area contributed by atoms with Crippen molar-refractivity contribution in [1.82, 2.24) is 15.0 Å². The van der Waals surface area contributed by atoms with Gasteiger partial charge in [0.1, 0.15) is 23.4 Å². The van der Waals surface area contributed by atoms with E-state index in [2.05, 4.69) is 21.0 Å². The topological polar surface area (TPSA) is 68.6 Å². The van der Waals surface area contributed by atoms with Gasteiger partial charge in [0.2, 0.25) is 0 Å². The van der Waals surface area contributed by atoms with Crippen molar-refractivity contribution in [3.05, 3.63) is 41.1 Å². The van der Waals surface area contributed by atoms with Gasteiger partial charge < -0.3 is 9.88 Å². The van der Waals surface area contributed by atoms with Crippen LogP contribution in [0.3, 0.4) is 0 Å². The number of pyridine rings is 1. The minimum Gasteiger partial charge on any atom is -0.355 e. The van der Waals surface area contributed by atoms with Crippen molar-refractivity contribution in [3.63, 3.8) is 0 Å². The lowest BCUT2D eigenvalue weighted by Crippen LogP contribution is -2.36. The number of hydrogen-bond acceptors (Lipinski definition) is 4. The van der Waals surface area contributed by atoms with Crippen LogP contribution in [0, 0.1) is 18.3 Å². The molecule has 1 N–H and O–H groups in total. The summed E-state index contributed by atoms with van der Waals surface area (Å²) in [6, 6.07) is 5.61. The van der Waals surface area contributed by atoms with Crippen LogP contribution < -0.4 is 4.90 Å². The van der Waals surface area contributed by atoms with Gasteiger partial charge in [-0.3, -0.25) is 0 Å². The Bertz CT molecular complexity index is 775. The van der Waals surface area contributed by atoms with Crippen molar-refractivity contribution in [3.8, 4) is 6.07 Å². The molecular weight excluding hydrogens is 319 g/mol. The Hall–Kier alpha value is -2.56. The van der Waals surface area contributed by atoms with Crippen LogP contribution in [0.15, 0.2) is 18.3 Å². The normalized spacial score (nSPS) is 18.5. The highest BCUT2D eigenvalue weighted by Crippen LogP contribution is 2.32. The molecule has 0 radical (unpaired) electrons. The van der Waals surface area contributed by atoms with E-state index in [9.17, 15) is 18.4 Å². The number of hydrogen-bond donors (Lipinski definition) is 1. The molecule has 3 rings (SSSR count). The molecule has 5 nitrogen and oxygen atoms in total. The summed E-state index contributed by atoms with van der Waals surface area (Å²) in [6.07, 6.45) is -2.05. The van der Waals surface area contributed by atoms with Crippen LogP contribution in [0.5, 0.6) is 0 Å². The fourth-order valence-electron chi connectivity index (χ4n) is 2.95. The van der Waals surface area contributed by atoms with Gasteiger partial charge >= 0.3 is 6.18 Å². The highest BCUT2D eigenvalue weighted by atomic mass is 19.4. The summed E-state index contributed by atoms with van der Waals surface area (Å²) in [5.41, 5.74) is 0.432. The Balaban J connectivity index is 1.84. The van der Waals surface area contributed by atoms with Crippen molar-refractivity contribution in [1.29, 1.82) is 5.26 Å². The number of H-pyrrole nitrogens is 1. The lowest BCUT2D eigenvalue weighted by Gasteiger charge is -2.33. The zero-order valence-corrected chi connectivity index (χ0v) is 13.1. The van der Waals surface area contributed by atoms with E-state index in [0.29, 0.717) is 30.3 Å². The van der Waals surface area contributed by atoms with E-state index in [4.69, 9.17) is 0 Å². The number of nitrogens with one attached hydrogen (secondary N) is 1. The van der Waals surface area contributed by atoms with E-state index in [1.807, 2.05) is 11.8 Å². The third kappa shape index (κ3) is 3.20. The molecule has 0 spiro atoms. The SMILES string of the molecule is Cc1ccc(C#N)c(N2CCC[C@@H](c3ncc(C(F)(F)F)[nH]3)C2)n1. The van der Waals surface area contributed by atoms with Gasteiger partial charge in [-0.05, 0) is 31.9 Å². The fraction of sp³-hybridized carbons (Fsp3) is 0.438. The molecule has 24 heavy (non-hydrogen) atoms. The molecular formula is C16H16F3N5. The summed E-state index contributed by atoms with van der Waals surface area (Å²) in [7, 11) is 0. The molecule has 0 bridgehead atoms. The second kappa shape index (κ2) is 6.15. The molecule has 3 heterocycles. The van der Waals surface area contributed by atoms with Gasteiger partial charge in [-0.25, -0.2) is 9.97 Å². The molecule has 0 aliphatic carbocycles. The highest BCUT2D eigenvalue weighted by molar-refractivity contribution is 5.54. The van der Waals surface area contributed by atoms with E-state index >= 15 is 0 Å². The van der Waals surface area contributed by atoms with Crippen molar-refractivity contribution >= 4 is 5.82 Å². The molecule has 1 fully saturated rings. The summed E-state index contributed by atoms with van der Waals surface area (Å²) in [5.74, 6) is 0.770. The van der Waals surface area contributed by atoms with E-state index < -0.39 is 11.9 Å². The number of aromatic amines is 1. The number of alkyl halides is 3. The van der Waals surface area contributed by atoms with E-state index in [1.165, 1.54) is 0 Å². The highest BCUT2D eigenvalue weighted by Gasteiger charge is 2.34. The molecule has 1 atom stereocenters. The summed E-state index contributed by atoms with van der Waals surface area (Å²) < 4.78 is 38.2. The first-order valence-corrected chi connectivity index (χ1v) is 7.63. The number of imidazole rings is 1. The number of aromatic nitrogens is 3. The first kappa shape index (κ1) is 16.3. The second-order valence-corrected chi connectivity index (χ2v) is 5.90. The van der Waals surface area contributed by atoms with Crippen molar-refractivity contribution < 1.29 is 13.2 Å². The number of nitrogens with zero attached hydrogens (tertiary/aromatic N) is 4. The van der Waals surface area contributed by atoms with Crippen LogP contribution in [0.25, 0.3) is 0 Å². The lowest BCUT2D eigenvalue weighted by atomic mass is 9.97. The summed E-state index contributed by atoms with van der Waals surface area (Å²) in [6.45, 7) is 3.04. The monoisotopic (exact) mass is 335 g/mol. The number of anilines is 1. The molecule has 2 aromatic rings. The van der Waals surface area contributed by atoms with Crippen LogP contribution in [0.2, 0.25) is 0 Å². The Morgan fingerprint density at radius 3 is 2.83 bits per heavy atom. The number of aryl methyl sites for hydroxylation is 1. The number of piperidine rings is 1. The number of rotatable bonds is 2. The molecule has 1 aliphatic rings. The van der Waals surface area contributed by atoms with Crippen LogP contribution in [0.1, 0.15) is 41.5 Å². The van der Waals surface area contributed by atoms with Gasteiger partial charge in [0.05, 0.1) is 11.8 Å². The van der Waals surface area contributed by atoms with Gasteiger partial charge in [0.15, 0.2) is 0 Å². The molecule has 126 valence electrons. The molecule has 1 aliphatic heterocycles. The third-order valence-corrected chi connectivity index (χ3v) is 4.14. The molecule has 0 aromatic carbocycles. The molecule has 0 unspecified atom stereocenters. The molecule has 0 saturated carbocycles. The maximum absolute atomic E-state index is 12.7. The number of nitriles is 1. The summed E-state index contributed by atoms with van der Waals surface area (Å²) in [4.78, 5) is 12.7. The number of halogens is 3. The minimum atomic E-state index is -4.42. The zero-order valence-electron chi connectivity index (χ0n) is 13.1. The first-order valence-electron chi connectivity index (χ1n) is 7.63. The van der Waals surface area contributed by atoms with Crippen LogP contribution >= 0.6 is 0 Å². The van der Waals surface area contributed by atoms with Gasteiger partial charge in [-0.15, -0.1) is 0 Å². The Kier molecular flexibility index (Phi) is 4.18. The standard InChI is InChI=1S/C16H16F3N5/c1-10-4-5-11(7-20)15(22-10)24-6-2-3-12(9-24)14-21-8-13(23-14)16(17,18)19/h4-5,8,12H,2-3,6,9H2,1H3,(H,21,23)/t12-/m1/s1. The summed E-state index contributed by atoms with van der Waals surface area (Å²) >= 11 is 0. The molecule has 8 heteroatoms. The predicted molar refractivity (Wildman–Crippen MR) is 81.5 cm³/mol. The largest absolute Gasteiger partial charge is 0.432 e. The van der Waals surface area contributed by atoms with Crippen molar-refractivity contribution in [2.75, 3.05) is 18.0 Å². The van der Waals surface area contributed by atoms with Gasteiger partial charge in [-0.1, -0.05) is 0 Å². The molecule has 0 amide bonds. The van der Waals surface area contributed by atoms with Crippen molar-refractivity contribution in [2.45, 2.75) is 31.9 Å². The van der Waals surface area contributed by atoms with Crippen LogP contribution in [-0.2, 0) is 6.18 Å². The van der Waals surface area contributed by atoms with Crippen LogP contribution in [-0.4, -0.2) is 28.0 Å². The third-order valence-electron chi connectivity index (χ3n) is 4.14. The first-order chi connectivity index (χ1) is 11.4. The summed E-state index contributed by atoms with van der Waals surface area (Å²) in [5, 5.41) is 9.26. The average Bonchev–Trinajstić information content (AvgIpc) is 3.05. The smallest absolute Gasteiger partial charge is 0.355 e. The second-order valence-electron chi connectivity index (χ2n) is 5.90. The quantitative estimate of drug-likeness (QED) is 0.913. The van der Waals surface area contributed by atoms with Crippen LogP contribution in [0.4, 0.5) is 19.0 Å². The van der Waals surface area contributed by atoms with E-state index in [-0.39, 0.29) is 5.92 Å². The van der Waals surface area contributed by atoms with Gasteiger partial charge in [0, 0.05) is 24.7 Å². The maximum Gasteiger partial charge on any atom is 0.432 e. The predicted octanol–water partition coefficient (Wildman–Crippen LogP) is 3.39. The zero-order chi connectivity index (χ0) is 17.3. The Morgan fingerprint density at radius 2 is 2.17 bits per heavy atom. The molecule has 1 saturated heterocycles. The fourth-order valence-corrected chi connectivity index (χ4v) is 2.95. The minimum absolute atomic E-state index is 0.149. The Labute approximate surface area is 137 Å². The lowest BCUT2D eigenvalue weighted by molar-refractivity contribution is -0.141. The Morgan fingerprint density at radius 1 is 1.38 bits per heavy atom. The maximum atomic E-state index is 12.7. The van der Waals surface area contributed by atoms with Gasteiger partial charge in [0.25, 0.3) is 0 Å².